The number of benzene rings is 1. The van der Waals surface area contributed by atoms with Gasteiger partial charge in [-0.2, -0.15) is 5.10 Å². The Morgan fingerprint density at radius 1 is 1.03 bits per heavy atom. The summed E-state index contributed by atoms with van der Waals surface area (Å²) in [5.74, 6) is 1.57. The number of guanidine groups is 1. The molecule has 150 valence electrons. The molecule has 0 aliphatic heterocycles. The van der Waals surface area contributed by atoms with Gasteiger partial charge in [0.1, 0.15) is 0 Å². The maximum absolute atomic E-state index is 4.69. The van der Waals surface area contributed by atoms with Gasteiger partial charge in [0.2, 0.25) is 0 Å². The molecule has 0 fully saturated rings. The third-order valence-electron chi connectivity index (χ3n) is 4.24. The first-order valence-electron chi connectivity index (χ1n) is 9.23. The molecule has 3 heterocycles. The Morgan fingerprint density at radius 2 is 1.97 bits per heavy atom. The van der Waals surface area contributed by atoms with Crippen molar-refractivity contribution in [2.45, 2.75) is 20.0 Å². The van der Waals surface area contributed by atoms with Crippen molar-refractivity contribution in [3.05, 3.63) is 78.5 Å². The van der Waals surface area contributed by atoms with E-state index in [-0.39, 0.29) is 24.0 Å². The number of fused-ring (bicyclic) bond motifs is 1. The van der Waals surface area contributed by atoms with Gasteiger partial charge in [0.05, 0.1) is 18.8 Å². The monoisotopic (exact) mass is 502 g/mol. The van der Waals surface area contributed by atoms with Crippen molar-refractivity contribution >= 4 is 35.6 Å². The Bertz CT molecular complexity index is 1070. The summed E-state index contributed by atoms with van der Waals surface area (Å²) in [6.45, 7) is 3.91. The standard InChI is InChI=1S/C20H22N8.HI/c1-2-21-20(23-15-19-26-25-18-9-3-4-11-27(18)19)22-14-16-7-5-8-17(13-16)28-12-6-10-24-28;/h3-13H,2,14-15H2,1H3,(H2,21,22,23);1H. The van der Waals surface area contributed by atoms with Gasteiger partial charge in [-0.3, -0.25) is 4.40 Å². The Hall–Kier alpha value is -2.95. The molecule has 3 aromatic heterocycles. The van der Waals surface area contributed by atoms with Crippen molar-refractivity contribution in [3.63, 3.8) is 0 Å². The van der Waals surface area contributed by atoms with Crippen molar-refractivity contribution < 1.29 is 0 Å². The van der Waals surface area contributed by atoms with Gasteiger partial charge in [-0.1, -0.05) is 18.2 Å². The first kappa shape index (κ1) is 20.8. The van der Waals surface area contributed by atoms with Crippen LogP contribution in [0.5, 0.6) is 0 Å². The Balaban J connectivity index is 0.00000240. The molecule has 0 spiro atoms. The van der Waals surface area contributed by atoms with Crippen molar-refractivity contribution in [3.8, 4) is 5.69 Å². The fourth-order valence-electron chi connectivity index (χ4n) is 2.91. The van der Waals surface area contributed by atoms with Crippen molar-refractivity contribution in [2.75, 3.05) is 6.54 Å². The number of nitrogens with zero attached hydrogens (tertiary/aromatic N) is 6. The van der Waals surface area contributed by atoms with Gasteiger partial charge in [0.25, 0.3) is 0 Å². The van der Waals surface area contributed by atoms with Crippen molar-refractivity contribution in [1.82, 2.24) is 35.0 Å². The third-order valence-corrected chi connectivity index (χ3v) is 4.24. The zero-order valence-electron chi connectivity index (χ0n) is 16.1. The topological polar surface area (TPSA) is 84.4 Å². The molecule has 1 aromatic carbocycles. The van der Waals surface area contributed by atoms with Gasteiger partial charge in [-0.15, -0.1) is 34.2 Å². The molecule has 0 aliphatic carbocycles. The van der Waals surface area contributed by atoms with Crippen molar-refractivity contribution in [2.24, 2.45) is 4.99 Å². The van der Waals surface area contributed by atoms with Gasteiger partial charge in [-0.05, 0) is 42.8 Å². The Morgan fingerprint density at radius 3 is 2.79 bits per heavy atom. The van der Waals surface area contributed by atoms with Crippen LogP contribution in [-0.4, -0.2) is 36.9 Å². The quantitative estimate of drug-likeness (QED) is 0.241. The first-order chi connectivity index (χ1) is 13.8. The Labute approximate surface area is 186 Å². The molecule has 0 radical (unpaired) electrons. The zero-order chi connectivity index (χ0) is 19.2. The van der Waals surface area contributed by atoms with E-state index in [9.17, 15) is 0 Å². The number of aromatic nitrogens is 5. The minimum absolute atomic E-state index is 0. The van der Waals surface area contributed by atoms with Crippen LogP contribution in [0.4, 0.5) is 0 Å². The predicted molar refractivity (Wildman–Crippen MR) is 124 cm³/mol. The second kappa shape index (κ2) is 10.0. The van der Waals surface area contributed by atoms with Crippen LogP contribution in [0.1, 0.15) is 18.3 Å². The summed E-state index contributed by atoms with van der Waals surface area (Å²) in [7, 11) is 0. The van der Waals surface area contributed by atoms with Crippen LogP contribution >= 0.6 is 24.0 Å². The number of hydrogen-bond donors (Lipinski definition) is 2. The average molecular weight is 502 g/mol. The molecule has 9 heteroatoms. The predicted octanol–water partition coefficient (Wildman–Crippen LogP) is 2.79. The first-order valence-corrected chi connectivity index (χ1v) is 9.23. The van der Waals surface area contributed by atoms with Crippen LogP contribution in [0, 0.1) is 0 Å². The lowest BCUT2D eigenvalue weighted by atomic mass is 10.2. The van der Waals surface area contributed by atoms with Gasteiger partial charge in [0, 0.05) is 25.1 Å². The number of aliphatic imine (C=N–C) groups is 1. The summed E-state index contributed by atoms with van der Waals surface area (Å²) in [6, 6.07) is 16.0. The van der Waals surface area contributed by atoms with E-state index >= 15 is 0 Å². The lowest BCUT2D eigenvalue weighted by molar-refractivity contribution is 0.765. The van der Waals surface area contributed by atoms with Crippen LogP contribution in [0.3, 0.4) is 0 Å². The summed E-state index contributed by atoms with van der Waals surface area (Å²) in [4.78, 5) is 4.69. The second-order valence-electron chi connectivity index (χ2n) is 6.21. The van der Waals surface area contributed by atoms with Gasteiger partial charge in [-0.25, -0.2) is 9.67 Å². The fraction of sp³-hybridized carbons (Fsp3) is 0.200. The van der Waals surface area contributed by atoms with Crippen LogP contribution < -0.4 is 10.6 Å². The summed E-state index contributed by atoms with van der Waals surface area (Å²) in [6.07, 6.45) is 5.65. The molecule has 0 unspecified atom stereocenters. The van der Waals surface area contributed by atoms with E-state index in [0.29, 0.717) is 13.1 Å². The number of pyridine rings is 1. The molecule has 4 aromatic rings. The minimum Gasteiger partial charge on any atom is -0.357 e. The van der Waals surface area contributed by atoms with Crippen molar-refractivity contribution in [1.29, 1.82) is 0 Å². The molecule has 8 nitrogen and oxygen atoms in total. The SMILES string of the molecule is CCNC(=NCc1cccc(-n2cccn2)c1)NCc1nnc2ccccn12.I. The lowest BCUT2D eigenvalue weighted by Crippen LogP contribution is -2.37. The molecule has 0 aliphatic rings. The van der Waals surface area contributed by atoms with E-state index in [1.807, 2.05) is 64.8 Å². The molecule has 29 heavy (non-hydrogen) atoms. The van der Waals surface area contributed by atoms with E-state index in [1.54, 1.807) is 6.20 Å². The maximum Gasteiger partial charge on any atom is 0.191 e. The zero-order valence-corrected chi connectivity index (χ0v) is 18.4. The van der Waals surface area contributed by atoms with E-state index < -0.39 is 0 Å². The normalized spacial score (nSPS) is 11.3. The van der Waals surface area contributed by atoms with E-state index in [4.69, 9.17) is 4.99 Å². The summed E-state index contributed by atoms with van der Waals surface area (Å²) in [5, 5.41) is 19.3. The summed E-state index contributed by atoms with van der Waals surface area (Å²) >= 11 is 0. The molecule has 0 amide bonds. The molecular formula is C20H23IN8. The molecule has 4 rings (SSSR count). The average Bonchev–Trinajstić information content (AvgIpc) is 3.41. The highest BCUT2D eigenvalue weighted by molar-refractivity contribution is 14.0. The van der Waals surface area contributed by atoms with Crippen LogP contribution in [0.2, 0.25) is 0 Å². The number of rotatable bonds is 6. The van der Waals surface area contributed by atoms with Crippen LogP contribution in [-0.2, 0) is 13.1 Å². The van der Waals surface area contributed by atoms with Gasteiger partial charge >= 0.3 is 0 Å². The molecule has 0 atom stereocenters. The maximum atomic E-state index is 4.69. The fourth-order valence-corrected chi connectivity index (χ4v) is 2.91. The molecule has 0 saturated carbocycles. The highest BCUT2D eigenvalue weighted by atomic mass is 127. The lowest BCUT2D eigenvalue weighted by Gasteiger charge is -2.11. The second-order valence-corrected chi connectivity index (χ2v) is 6.21. The van der Waals surface area contributed by atoms with Crippen LogP contribution in [0.15, 0.2) is 72.1 Å². The minimum atomic E-state index is 0. The summed E-state index contributed by atoms with van der Waals surface area (Å²) in [5.41, 5.74) is 2.96. The third kappa shape index (κ3) is 5.11. The smallest absolute Gasteiger partial charge is 0.191 e. The van der Waals surface area contributed by atoms with E-state index in [2.05, 4.69) is 38.1 Å². The highest BCUT2D eigenvalue weighted by Crippen LogP contribution is 2.10. The Kier molecular flexibility index (Phi) is 7.17. The highest BCUT2D eigenvalue weighted by Gasteiger charge is 2.06. The largest absolute Gasteiger partial charge is 0.357 e. The number of hydrogen-bond acceptors (Lipinski definition) is 4. The molecule has 0 saturated heterocycles. The molecule has 2 N–H and O–H groups in total. The number of nitrogens with one attached hydrogen (secondary N) is 2. The molecular weight excluding hydrogens is 479 g/mol. The van der Waals surface area contributed by atoms with E-state index in [1.165, 1.54) is 0 Å². The molecule has 0 bridgehead atoms. The van der Waals surface area contributed by atoms with Crippen LogP contribution in [0.25, 0.3) is 11.3 Å². The number of halogens is 1. The van der Waals surface area contributed by atoms with Gasteiger partial charge < -0.3 is 10.6 Å². The van der Waals surface area contributed by atoms with Gasteiger partial charge in [0.15, 0.2) is 17.4 Å². The van der Waals surface area contributed by atoms with E-state index in [0.717, 1.165) is 35.2 Å². The summed E-state index contributed by atoms with van der Waals surface area (Å²) < 4.78 is 3.80.